The van der Waals surface area contributed by atoms with E-state index >= 15 is 0 Å². The van der Waals surface area contributed by atoms with Crippen LogP contribution >= 0.6 is 27.5 Å². The molecular weight excluding hydrogens is 338 g/mol. The van der Waals surface area contributed by atoms with Crippen LogP contribution in [0.15, 0.2) is 53.0 Å². The van der Waals surface area contributed by atoms with Crippen molar-refractivity contribution in [3.63, 3.8) is 0 Å². The van der Waals surface area contributed by atoms with Crippen LogP contribution in [0.1, 0.15) is 17.2 Å². The van der Waals surface area contributed by atoms with Crippen molar-refractivity contribution in [2.75, 3.05) is 13.0 Å². The highest BCUT2D eigenvalue weighted by molar-refractivity contribution is 9.10. The first kappa shape index (κ1) is 15.4. The van der Waals surface area contributed by atoms with Gasteiger partial charge in [0.25, 0.3) is 0 Å². The van der Waals surface area contributed by atoms with E-state index in [1.165, 1.54) is 5.56 Å². The predicted molar refractivity (Wildman–Crippen MR) is 87.4 cm³/mol. The van der Waals surface area contributed by atoms with Gasteiger partial charge in [0, 0.05) is 22.9 Å². The summed E-state index contributed by atoms with van der Waals surface area (Å²) in [6, 6.07) is 16.3. The number of rotatable bonds is 6. The van der Waals surface area contributed by atoms with E-state index in [1.54, 1.807) is 7.11 Å². The first-order chi connectivity index (χ1) is 9.74. The fraction of sp³-hybridized carbons (Fsp3) is 0.250. The van der Waals surface area contributed by atoms with Crippen LogP contribution in [0.4, 0.5) is 0 Å². The summed E-state index contributed by atoms with van der Waals surface area (Å²) in [5.74, 6) is 1.39. The summed E-state index contributed by atoms with van der Waals surface area (Å²) in [5.41, 5.74) is 2.34. The highest BCUT2D eigenvalue weighted by Gasteiger charge is 2.10. The third-order valence-electron chi connectivity index (χ3n) is 3.15. The molecule has 0 fully saturated rings. The van der Waals surface area contributed by atoms with Gasteiger partial charge >= 0.3 is 0 Å². The number of hydrogen-bond donors (Lipinski definition) is 1. The van der Waals surface area contributed by atoms with Gasteiger partial charge in [-0.2, -0.15) is 0 Å². The Hall–Kier alpha value is -1.03. The summed E-state index contributed by atoms with van der Waals surface area (Å²) in [5, 5.41) is 3.48. The first-order valence-electron chi connectivity index (χ1n) is 6.41. The van der Waals surface area contributed by atoms with Crippen LogP contribution in [0.3, 0.4) is 0 Å². The van der Waals surface area contributed by atoms with Crippen molar-refractivity contribution < 1.29 is 4.74 Å². The normalized spacial score (nSPS) is 12.2. The van der Waals surface area contributed by atoms with Gasteiger partial charge < -0.3 is 10.1 Å². The average molecular weight is 355 g/mol. The Morgan fingerprint density at radius 2 is 1.95 bits per heavy atom. The Balaban J connectivity index is 2.07. The van der Waals surface area contributed by atoms with Crippen molar-refractivity contribution in [1.29, 1.82) is 0 Å². The molecule has 2 rings (SSSR count). The Morgan fingerprint density at radius 3 is 2.60 bits per heavy atom. The van der Waals surface area contributed by atoms with E-state index in [-0.39, 0.29) is 6.04 Å². The average Bonchev–Trinajstić information content (AvgIpc) is 2.50. The molecule has 0 aliphatic heterocycles. The molecule has 0 aromatic heterocycles. The molecule has 0 heterocycles. The molecule has 0 aliphatic carbocycles. The van der Waals surface area contributed by atoms with Gasteiger partial charge in [-0.1, -0.05) is 46.3 Å². The fourth-order valence-electron chi connectivity index (χ4n) is 1.99. The third-order valence-corrected chi connectivity index (χ3v) is 4.23. The van der Waals surface area contributed by atoms with Gasteiger partial charge in [0.1, 0.15) is 5.75 Å². The maximum atomic E-state index is 6.07. The molecule has 0 radical (unpaired) electrons. The SMILES string of the molecule is COc1ccc(Br)c(CNC(CCl)c2ccccc2)c1. The molecular formula is C16H17BrClNO. The van der Waals surface area contributed by atoms with Gasteiger partial charge in [-0.3, -0.25) is 0 Å². The van der Waals surface area contributed by atoms with Crippen LogP contribution in [0.25, 0.3) is 0 Å². The molecule has 0 bridgehead atoms. The number of alkyl halides is 1. The molecule has 0 spiro atoms. The molecule has 1 unspecified atom stereocenters. The van der Waals surface area contributed by atoms with E-state index in [0.717, 1.165) is 22.3 Å². The van der Waals surface area contributed by atoms with Crippen molar-refractivity contribution in [2.24, 2.45) is 0 Å². The number of halogens is 2. The maximum absolute atomic E-state index is 6.07. The number of hydrogen-bond acceptors (Lipinski definition) is 2. The van der Waals surface area contributed by atoms with Gasteiger partial charge in [0.15, 0.2) is 0 Å². The lowest BCUT2D eigenvalue weighted by molar-refractivity contribution is 0.413. The molecule has 106 valence electrons. The van der Waals surface area contributed by atoms with Crippen molar-refractivity contribution >= 4 is 27.5 Å². The van der Waals surface area contributed by atoms with E-state index in [0.29, 0.717) is 5.88 Å². The van der Waals surface area contributed by atoms with Crippen molar-refractivity contribution in [3.05, 3.63) is 64.1 Å². The van der Waals surface area contributed by atoms with Crippen molar-refractivity contribution in [2.45, 2.75) is 12.6 Å². The molecule has 0 saturated heterocycles. The topological polar surface area (TPSA) is 21.3 Å². The van der Waals surface area contributed by atoms with Gasteiger partial charge in [-0.05, 0) is 29.3 Å². The van der Waals surface area contributed by atoms with Crippen LogP contribution in [0, 0.1) is 0 Å². The smallest absolute Gasteiger partial charge is 0.119 e. The highest BCUT2D eigenvalue weighted by Crippen LogP contribution is 2.23. The fourth-order valence-corrected chi connectivity index (χ4v) is 2.67. The Bertz CT molecular complexity index is 547. The molecule has 1 N–H and O–H groups in total. The number of nitrogens with one attached hydrogen (secondary N) is 1. The van der Waals surface area contributed by atoms with Crippen LogP contribution in [0.2, 0.25) is 0 Å². The van der Waals surface area contributed by atoms with Crippen LogP contribution in [0.5, 0.6) is 5.75 Å². The molecule has 1 atom stereocenters. The highest BCUT2D eigenvalue weighted by atomic mass is 79.9. The van der Waals surface area contributed by atoms with Gasteiger partial charge in [-0.25, -0.2) is 0 Å². The summed E-state index contributed by atoms with van der Waals surface area (Å²) in [7, 11) is 1.67. The first-order valence-corrected chi connectivity index (χ1v) is 7.74. The molecule has 0 saturated carbocycles. The Labute approximate surface area is 133 Å². The summed E-state index contributed by atoms with van der Waals surface area (Å²) in [4.78, 5) is 0. The minimum absolute atomic E-state index is 0.135. The largest absolute Gasteiger partial charge is 0.497 e. The zero-order chi connectivity index (χ0) is 14.4. The molecule has 2 aromatic carbocycles. The summed E-state index contributed by atoms with van der Waals surface area (Å²) in [6.07, 6.45) is 0. The van der Waals surface area contributed by atoms with E-state index in [1.807, 2.05) is 36.4 Å². The standard InChI is InChI=1S/C16H17BrClNO/c1-20-14-7-8-15(17)13(9-14)11-19-16(10-18)12-5-3-2-4-6-12/h2-9,16,19H,10-11H2,1H3. The predicted octanol–water partition coefficient (Wildman–Crippen LogP) is 4.53. The summed E-state index contributed by atoms with van der Waals surface area (Å²) in [6.45, 7) is 0.726. The molecule has 2 aromatic rings. The lowest BCUT2D eigenvalue weighted by Gasteiger charge is -2.17. The number of benzene rings is 2. The minimum atomic E-state index is 0.135. The molecule has 4 heteroatoms. The van der Waals surface area contributed by atoms with E-state index < -0.39 is 0 Å². The summed E-state index contributed by atoms with van der Waals surface area (Å²) < 4.78 is 6.32. The third kappa shape index (κ3) is 3.98. The van der Waals surface area contributed by atoms with Crippen molar-refractivity contribution in [1.82, 2.24) is 5.32 Å². The van der Waals surface area contributed by atoms with Crippen LogP contribution < -0.4 is 10.1 Å². The minimum Gasteiger partial charge on any atom is -0.497 e. The Kier molecular flexibility index (Phi) is 5.89. The second-order valence-corrected chi connectivity index (χ2v) is 5.62. The van der Waals surface area contributed by atoms with Crippen LogP contribution in [-0.2, 0) is 6.54 Å². The van der Waals surface area contributed by atoms with Crippen LogP contribution in [-0.4, -0.2) is 13.0 Å². The lowest BCUT2D eigenvalue weighted by atomic mass is 10.1. The zero-order valence-electron chi connectivity index (χ0n) is 11.3. The molecule has 0 aliphatic rings. The summed E-state index contributed by atoms with van der Waals surface area (Å²) >= 11 is 9.63. The van der Waals surface area contributed by atoms with Gasteiger partial charge in [-0.15, -0.1) is 11.6 Å². The molecule has 0 amide bonds. The zero-order valence-corrected chi connectivity index (χ0v) is 13.6. The van der Waals surface area contributed by atoms with E-state index in [4.69, 9.17) is 16.3 Å². The van der Waals surface area contributed by atoms with E-state index in [2.05, 4.69) is 33.4 Å². The number of methoxy groups -OCH3 is 1. The lowest BCUT2D eigenvalue weighted by Crippen LogP contribution is -2.22. The Morgan fingerprint density at radius 1 is 1.20 bits per heavy atom. The van der Waals surface area contributed by atoms with E-state index in [9.17, 15) is 0 Å². The van der Waals surface area contributed by atoms with Gasteiger partial charge in [0.05, 0.1) is 7.11 Å². The van der Waals surface area contributed by atoms with Gasteiger partial charge in [0.2, 0.25) is 0 Å². The monoisotopic (exact) mass is 353 g/mol. The number of ether oxygens (including phenoxy) is 1. The molecule has 2 nitrogen and oxygen atoms in total. The van der Waals surface area contributed by atoms with Crippen molar-refractivity contribution in [3.8, 4) is 5.75 Å². The quantitative estimate of drug-likeness (QED) is 0.770. The maximum Gasteiger partial charge on any atom is 0.119 e. The molecule has 20 heavy (non-hydrogen) atoms. The second-order valence-electron chi connectivity index (χ2n) is 4.46. The second kappa shape index (κ2) is 7.67.